The molecule has 0 aliphatic heterocycles. The highest BCUT2D eigenvalue weighted by Crippen LogP contribution is 2.09. The standard InChI is InChI=1S/C9H13N5/c1-7-8(5-12-13(7)2)6-14-4-3-11-9(14)10/h3-5H,6H2,1-2H3,(H2,10,11). The highest BCUT2D eigenvalue weighted by molar-refractivity contribution is 5.22. The third-order valence-corrected chi connectivity index (χ3v) is 2.43. The summed E-state index contributed by atoms with van der Waals surface area (Å²) in [5.41, 5.74) is 7.99. The summed E-state index contributed by atoms with van der Waals surface area (Å²) in [5, 5.41) is 4.17. The molecule has 0 radical (unpaired) electrons. The third kappa shape index (κ3) is 1.37. The molecule has 0 aromatic carbocycles. The molecule has 2 aromatic rings. The Balaban J connectivity index is 2.27. The molecule has 0 unspecified atom stereocenters. The summed E-state index contributed by atoms with van der Waals surface area (Å²) in [6.45, 7) is 2.76. The zero-order valence-electron chi connectivity index (χ0n) is 8.31. The monoisotopic (exact) mass is 191 g/mol. The van der Waals surface area contributed by atoms with Gasteiger partial charge < -0.3 is 10.3 Å². The minimum atomic E-state index is 0.535. The fraction of sp³-hybridized carbons (Fsp3) is 0.333. The topological polar surface area (TPSA) is 61.7 Å². The van der Waals surface area contributed by atoms with E-state index in [0.717, 1.165) is 17.8 Å². The van der Waals surface area contributed by atoms with Crippen LogP contribution in [0.1, 0.15) is 11.3 Å². The Kier molecular flexibility index (Phi) is 1.99. The number of rotatable bonds is 2. The molecule has 0 fully saturated rings. The van der Waals surface area contributed by atoms with Gasteiger partial charge in [0.25, 0.3) is 0 Å². The van der Waals surface area contributed by atoms with Crippen molar-refractivity contribution in [2.45, 2.75) is 13.5 Å². The van der Waals surface area contributed by atoms with Crippen molar-refractivity contribution in [1.82, 2.24) is 19.3 Å². The van der Waals surface area contributed by atoms with Crippen LogP contribution in [0.5, 0.6) is 0 Å². The lowest BCUT2D eigenvalue weighted by Gasteiger charge is -2.03. The van der Waals surface area contributed by atoms with Crippen LogP contribution in [0.2, 0.25) is 0 Å². The second-order valence-corrected chi connectivity index (χ2v) is 3.29. The van der Waals surface area contributed by atoms with Gasteiger partial charge >= 0.3 is 0 Å². The van der Waals surface area contributed by atoms with Gasteiger partial charge in [-0.15, -0.1) is 0 Å². The van der Waals surface area contributed by atoms with Crippen molar-refractivity contribution in [3.05, 3.63) is 29.8 Å². The first-order valence-corrected chi connectivity index (χ1v) is 4.42. The number of nitrogens with zero attached hydrogens (tertiary/aromatic N) is 4. The highest BCUT2D eigenvalue weighted by atomic mass is 15.3. The summed E-state index contributed by atoms with van der Waals surface area (Å²) in [6, 6.07) is 0. The van der Waals surface area contributed by atoms with E-state index in [-0.39, 0.29) is 0 Å². The van der Waals surface area contributed by atoms with Gasteiger partial charge in [-0.25, -0.2) is 4.98 Å². The Morgan fingerprint density at radius 3 is 2.79 bits per heavy atom. The van der Waals surface area contributed by atoms with E-state index >= 15 is 0 Å². The van der Waals surface area contributed by atoms with Crippen LogP contribution in [-0.2, 0) is 13.6 Å². The molecule has 0 amide bonds. The van der Waals surface area contributed by atoms with Gasteiger partial charge in [-0.05, 0) is 6.92 Å². The molecule has 2 aromatic heterocycles. The molecule has 0 aliphatic carbocycles. The zero-order valence-corrected chi connectivity index (χ0v) is 8.31. The average Bonchev–Trinajstić information content (AvgIpc) is 2.68. The van der Waals surface area contributed by atoms with E-state index in [1.807, 2.05) is 35.6 Å². The maximum atomic E-state index is 5.67. The minimum absolute atomic E-state index is 0.535. The average molecular weight is 191 g/mol. The molecule has 5 heteroatoms. The number of nitrogen functional groups attached to an aromatic ring is 1. The molecule has 5 nitrogen and oxygen atoms in total. The van der Waals surface area contributed by atoms with Gasteiger partial charge in [0.15, 0.2) is 5.95 Å². The lowest BCUT2D eigenvalue weighted by molar-refractivity contribution is 0.732. The maximum absolute atomic E-state index is 5.67. The molecule has 0 atom stereocenters. The first kappa shape index (κ1) is 8.80. The summed E-state index contributed by atoms with van der Waals surface area (Å²) < 4.78 is 3.74. The van der Waals surface area contributed by atoms with Crippen LogP contribution in [-0.4, -0.2) is 19.3 Å². The molecule has 74 valence electrons. The van der Waals surface area contributed by atoms with Crippen molar-refractivity contribution in [3.63, 3.8) is 0 Å². The van der Waals surface area contributed by atoms with Crippen LogP contribution in [0.3, 0.4) is 0 Å². The van der Waals surface area contributed by atoms with Gasteiger partial charge in [0.2, 0.25) is 0 Å². The molecule has 0 saturated heterocycles. The van der Waals surface area contributed by atoms with E-state index < -0.39 is 0 Å². The van der Waals surface area contributed by atoms with Crippen LogP contribution in [0, 0.1) is 6.92 Å². The molecule has 2 heterocycles. The number of anilines is 1. The van der Waals surface area contributed by atoms with Gasteiger partial charge in [-0.2, -0.15) is 5.10 Å². The Morgan fingerprint density at radius 2 is 2.29 bits per heavy atom. The molecule has 0 saturated carbocycles. The zero-order chi connectivity index (χ0) is 10.1. The molecular formula is C9H13N5. The van der Waals surface area contributed by atoms with Gasteiger partial charge in [0, 0.05) is 30.7 Å². The van der Waals surface area contributed by atoms with Gasteiger partial charge in [-0.3, -0.25) is 4.68 Å². The highest BCUT2D eigenvalue weighted by Gasteiger charge is 2.05. The van der Waals surface area contributed by atoms with Crippen molar-refractivity contribution in [3.8, 4) is 0 Å². The first-order chi connectivity index (χ1) is 6.68. The van der Waals surface area contributed by atoms with Crippen molar-refractivity contribution >= 4 is 5.95 Å². The lowest BCUT2D eigenvalue weighted by atomic mass is 10.2. The summed E-state index contributed by atoms with van der Waals surface area (Å²) in [6.07, 6.45) is 5.41. The molecule has 0 spiro atoms. The Morgan fingerprint density at radius 1 is 1.50 bits per heavy atom. The first-order valence-electron chi connectivity index (χ1n) is 4.42. The number of aryl methyl sites for hydroxylation is 1. The Hall–Kier alpha value is -1.78. The normalized spacial score (nSPS) is 10.7. The number of imidazole rings is 1. The quantitative estimate of drug-likeness (QED) is 0.754. The smallest absolute Gasteiger partial charge is 0.200 e. The van der Waals surface area contributed by atoms with Crippen molar-refractivity contribution in [2.75, 3.05) is 5.73 Å². The number of nitrogens with two attached hydrogens (primary N) is 1. The van der Waals surface area contributed by atoms with Gasteiger partial charge in [-0.1, -0.05) is 0 Å². The second-order valence-electron chi connectivity index (χ2n) is 3.29. The number of hydrogen-bond donors (Lipinski definition) is 1. The summed E-state index contributed by atoms with van der Waals surface area (Å²) >= 11 is 0. The molecule has 0 bridgehead atoms. The summed E-state index contributed by atoms with van der Waals surface area (Å²) in [4.78, 5) is 3.96. The van der Waals surface area contributed by atoms with Crippen LogP contribution in [0.15, 0.2) is 18.6 Å². The SMILES string of the molecule is Cc1c(Cn2ccnc2N)cnn1C. The molecule has 0 aliphatic rings. The van der Waals surface area contributed by atoms with E-state index in [1.54, 1.807) is 6.20 Å². The Labute approximate surface area is 82.2 Å². The fourth-order valence-corrected chi connectivity index (χ4v) is 1.36. The second kappa shape index (κ2) is 3.17. The maximum Gasteiger partial charge on any atom is 0.200 e. The molecule has 14 heavy (non-hydrogen) atoms. The van der Waals surface area contributed by atoms with E-state index in [0.29, 0.717) is 5.95 Å². The van der Waals surface area contributed by atoms with E-state index in [4.69, 9.17) is 5.73 Å². The lowest BCUT2D eigenvalue weighted by Crippen LogP contribution is -2.04. The van der Waals surface area contributed by atoms with E-state index in [1.165, 1.54) is 0 Å². The number of hydrogen-bond acceptors (Lipinski definition) is 3. The van der Waals surface area contributed by atoms with Crippen molar-refractivity contribution in [1.29, 1.82) is 0 Å². The van der Waals surface area contributed by atoms with Crippen LogP contribution in [0.25, 0.3) is 0 Å². The molecule has 2 rings (SSSR count). The van der Waals surface area contributed by atoms with Gasteiger partial charge in [0.1, 0.15) is 0 Å². The van der Waals surface area contributed by atoms with Gasteiger partial charge in [0.05, 0.1) is 12.7 Å². The van der Waals surface area contributed by atoms with Crippen molar-refractivity contribution in [2.24, 2.45) is 7.05 Å². The molecule has 2 N–H and O–H groups in total. The summed E-state index contributed by atoms with van der Waals surface area (Å²) in [5.74, 6) is 0.535. The van der Waals surface area contributed by atoms with Crippen molar-refractivity contribution < 1.29 is 0 Å². The number of aromatic nitrogens is 4. The van der Waals surface area contributed by atoms with Crippen LogP contribution < -0.4 is 5.73 Å². The summed E-state index contributed by atoms with van der Waals surface area (Å²) in [7, 11) is 1.93. The Bertz CT molecular complexity index is 440. The van der Waals surface area contributed by atoms with E-state index in [2.05, 4.69) is 10.1 Å². The fourth-order valence-electron chi connectivity index (χ4n) is 1.36. The minimum Gasteiger partial charge on any atom is -0.369 e. The van der Waals surface area contributed by atoms with Crippen LogP contribution >= 0.6 is 0 Å². The third-order valence-electron chi connectivity index (χ3n) is 2.43. The largest absolute Gasteiger partial charge is 0.369 e. The predicted molar refractivity (Wildman–Crippen MR) is 53.7 cm³/mol. The van der Waals surface area contributed by atoms with Crippen LogP contribution in [0.4, 0.5) is 5.95 Å². The predicted octanol–water partition coefficient (Wildman–Crippen LogP) is 0.556. The molecular weight excluding hydrogens is 178 g/mol. The van der Waals surface area contributed by atoms with E-state index in [9.17, 15) is 0 Å².